The summed E-state index contributed by atoms with van der Waals surface area (Å²) in [6, 6.07) is 8.49. The average molecular weight is 280 g/mol. The van der Waals surface area contributed by atoms with Crippen LogP contribution in [0.15, 0.2) is 30.3 Å². The second kappa shape index (κ2) is 4.82. The molecule has 0 aromatic heterocycles. The fraction of sp³-hybridized carbons (Fsp3) is 0.500. The van der Waals surface area contributed by atoms with Crippen LogP contribution in [0.2, 0.25) is 0 Å². The minimum atomic E-state index is -1.46. The molecule has 1 aliphatic carbocycles. The molecule has 0 radical (unpaired) electrons. The summed E-state index contributed by atoms with van der Waals surface area (Å²) in [7, 11) is 0. The van der Waals surface area contributed by atoms with Crippen molar-refractivity contribution in [2.45, 2.75) is 43.0 Å². The lowest BCUT2D eigenvalue weighted by molar-refractivity contribution is -0.235. The number of hydrogen-bond acceptors (Lipinski definition) is 6. The molecule has 1 heterocycles. The van der Waals surface area contributed by atoms with Crippen LogP contribution in [0.3, 0.4) is 0 Å². The van der Waals surface area contributed by atoms with Gasteiger partial charge in [-0.05, 0) is 25.0 Å². The molecule has 3 rings (SSSR count). The molecule has 2 fully saturated rings. The van der Waals surface area contributed by atoms with E-state index in [1.807, 2.05) is 0 Å². The Hall–Kier alpha value is -1.47. The lowest BCUT2D eigenvalue weighted by Gasteiger charge is -2.46. The smallest absolute Gasteiger partial charge is 0.338 e. The molecule has 1 aromatic carbocycles. The molecule has 1 spiro atoms. The Morgan fingerprint density at radius 3 is 2.45 bits per heavy atom. The van der Waals surface area contributed by atoms with Crippen LogP contribution in [-0.4, -0.2) is 51.5 Å². The van der Waals surface area contributed by atoms with Crippen LogP contribution in [0, 0.1) is 0 Å². The number of rotatable bonds is 2. The van der Waals surface area contributed by atoms with Gasteiger partial charge in [0.1, 0.15) is 23.9 Å². The third-order valence-electron chi connectivity index (χ3n) is 4.06. The molecule has 1 aromatic rings. The topological polar surface area (TPSA) is 96.2 Å². The SMILES string of the molecule is O=C(O[C@@H]1CC[C@]12O[C@@H](O)[C@@H](O)C2O)c1ccccc1. The van der Waals surface area contributed by atoms with Gasteiger partial charge in [-0.25, -0.2) is 4.79 Å². The van der Waals surface area contributed by atoms with E-state index in [2.05, 4.69) is 0 Å². The molecule has 1 unspecified atom stereocenters. The lowest BCUT2D eigenvalue weighted by atomic mass is 9.72. The fourth-order valence-corrected chi connectivity index (χ4v) is 2.76. The van der Waals surface area contributed by atoms with Crippen molar-refractivity contribution in [2.24, 2.45) is 0 Å². The van der Waals surface area contributed by atoms with Crippen molar-refractivity contribution in [3.63, 3.8) is 0 Å². The van der Waals surface area contributed by atoms with E-state index in [0.29, 0.717) is 18.4 Å². The molecular formula is C14H16O6. The first kappa shape index (κ1) is 13.5. The van der Waals surface area contributed by atoms with Gasteiger partial charge in [-0.2, -0.15) is 0 Å². The zero-order valence-electron chi connectivity index (χ0n) is 10.7. The summed E-state index contributed by atoms with van der Waals surface area (Å²) in [5.74, 6) is -0.513. The molecule has 108 valence electrons. The van der Waals surface area contributed by atoms with E-state index in [9.17, 15) is 20.1 Å². The van der Waals surface area contributed by atoms with Crippen LogP contribution in [-0.2, 0) is 9.47 Å². The van der Waals surface area contributed by atoms with Crippen molar-refractivity contribution >= 4 is 5.97 Å². The summed E-state index contributed by atoms with van der Waals surface area (Å²) >= 11 is 0. The van der Waals surface area contributed by atoms with E-state index >= 15 is 0 Å². The second-order valence-electron chi connectivity index (χ2n) is 5.20. The van der Waals surface area contributed by atoms with E-state index in [0.717, 1.165) is 0 Å². The number of aliphatic hydroxyl groups is 3. The highest BCUT2D eigenvalue weighted by Crippen LogP contribution is 2.47. The summed E-state index contributed by atoms with van der Waals surface area (Å²) in [5, 5.41) is 29.0. The summed E-state index contributed by atoms with van der Waals surface area (Å²) in [6.45, 7) is 0. The predicted molar refractivity (Wildman–Crippen MR) is 66.7 cm³/mol. The highest BCUT2D eigenvalue weighted by molar-refractivity contribution is 5.89. The average Bonchev–Trinajstić information content (AvgIpc) is 2.70. The molecule has 5 atom stereocenters. The van der Waals surface area contributed by atoms with Crippen molar-refractivity contribution in [3.8, 4) is 0 Å². The van der Waals surface area contributed by atoms with Gasteiger partial charge in [-0.3, -0.25) is 0 Å². The van der Waals surface area contributed by atoms with Crippen molar-refractivity contribution in [1.82, 2.24) is 0 Å². The maximum Gasteiger partial charge on any atom is 0.338 e. The standard InChI is InChI=1S/C14H16O6/c15-10-11(16)14(20-13(10)18)7-6-9(14)19-12(17)8-4-2-1-3-5-8/h1-5,9-11,13,15-16,18H,6-7H2/t9-,10+,11?,13-,14+/m1/s1. The normalized spacial score (nSPS) is 39.5. The maximum atomic E-state index is 12.0. The van der Waals surface area contributed by atoms with Crippen LogP contribution in [0.1, 0.15) is 23.2 Å². The molecule has 0 amide bonds. The molecular weight excluding hydrogens is 264 g/mol. The number of benzene rings is 1. The van der Waals surface area contributed by atoms with Gasteiger partial charge in [-0.15, -0.1) is 0 Å². The van der Waals surface area contributed by atoms with Crippen LogP contribution in [0.4, 0.5) is 0 Å². The maximum absolute atomic E-state index is 12.0. The van der Waals surface area contributed by atoms with Crippen LogP contribution >= 0.6 is 0 Å². The van der Waals surface area contributed by atoms with Gasteiger partial charge in [0.2, 0.25) is 0 Å². The third-order valence-corrected chi connectivity index (χ3v) is 4.06. The number of aliphatic hydroxyl groups excluding tert-OH is 3. The molecule has 1 saturated carbocycles. The van der Waals surface area contributed by atoms with Gasteiger partial charge in [0.25, 0.3) is 0 Å². The van der Waals surface area contributed by atoms with Crippen molar-refractivity contribution in [1.29, 1.82) is 0 Å². The van der Waals surface area contributed by atoms with Gasteiger partial charge in [0.15, 0.2) is 6.29 Å². The number of ether oxygens (including phenoxy) is 2. The first-order chi connectivity index (χ1) is 9.54. The summed E-state index contributed by atoms with van der Waals surface area (Å²) in [5.41, 5.74) is -0.786. The Bertz CT molecular complexity index is 504. The molecule has 0 bridgehead atoms. The van der Waals surface area contributed by atoms with E-state index in [4.69, 9.17) is 9.47 Å². The van der Waals surface area contributed by atoms with Gasteiger partial charge in [0, 0.05) is 0 Å². The molecule has 20 heavy (non-hydrogen) atoms. The Morgan fingerprint density at radius 2 is 1.95 bits per heavy atom. The number of carbonyl (C=O) groups is 1. The minimum absolute atomic E-state index is 0.406. The Labute approximate surface area is 115 Å². The molecule has 1 saturated heterocycles. The highest BCUT2D eigenvalue weighted by atomic mass is 16.7. The second-order valence-corrected chi connectivity index (χ2v) is 5.20. The number of carbonyl (C=O) groups excluding carboxylic acids is 1. The zero-order valence-corrected chi connectivity index (χ0v) is 10.7. The van der Waals surface area contributed by atoms with Crippen LogP contribution < -0.4 is 0 Å². The predicted octanol–water partition coefficient (Wildman–Crippen LogP) is -0.185. The van der Waals surface area contributed by atoms with E-state index in [1.165, 1.54) is 0 Å². The molecule has 1 aliphatic heterocycles. The van der Waals surface area contributed by atoms with Gasteiger partial charge in [0.05, 0.1) is 5.56 Å². The van der Waals surface area contributed by atoms with Gasteiger partial charge < -0.3 is 24.8 Å². The largest absolute Gasteiger partial charge is 0.456 e. The van der Waals surface area contributed by atoms with Crippen molar-refractivity contribution < 1.29 is 29.6 Å². The Morgan fingerprint density at radius 1 is 1.25 bits per heavy atom. The third kappa shape index (κ3) is 1.92. The molecule has 6 nitrogen and oxygen atoms in total. The molecule has 3 N–H and O–H groups in total. The highest BCUT2D eigenvalue weighted by Gasteiger charge is 2.64. The zero-order chi connectivity index (χ0) is 14.3. The van der Waals surface area contributed by atoms with E-state index in [-0.39, 0.29) is 0 Å². The van der Waals surface area contributed by atoms with Gasteiger partial charge >= 0.3 is 5.97 Å². The minimum Gasteiger partial charge on any atom is -0.456 e. The molecule has 6 heteroatoms. The van der Waals surface area contributed by atoms with Gasteiger partial charge in [-0.1, -0.05) is 18.2 Å². The van der Waals surface area contributed by atoms with E-state index < -0.39 is 36.2 Å². The molecule has 2 aliphatic rings. The number of hydrogen-bond donors (Lipinski definition) is 3. The summed E-state index contributed by atoms with van der Waals surface area (Å²) in [4.78, 5) is 12.0. The fourth-order valence-electron chi connectivity index (χ4n) is 2.76. The first-order valence-electron chi connectivity index (χ1n) is 6.52. The summed E-state index contributed by atoms with van der Waals surface area (Å²) < 4.78 is 10.6. The van der Waals surface area contributed by atoms with Crippen LogP contribution in [0.25, 0.3) is 0 Å². The van der Waals surface area contributed by atoms with Crippen molar-refractivity contribution in [2.75, 3.05) is 0 Å². The lowest BCUT2D eigenvalue weighted by Crippen LogP contribution is -2.61. The van der Waals surface area contributed by atoms with E-state index in [1.54, 1.807) is 30.3 Å². The first-order valence-corrected chi connectivity index (χ1v) is 6.52. The Balaban J connectivity index is 1.72. The number of esters is 1. The monoisotopic (exact) mass is 280 g/mol. The van der Waals surface area contributed by atoms with Crippen molar-refractivity contribution in [3.05, 3.63) is 35.9 Å². The Kier molecular flexibility index (Phi) is 3.25. The van der Waals surface area contributed by atoms with Crippen LogP contribution in [0.5, 0.6) is 0 Å². The quantitative estimate of drug-likeness (QED) is 0.650. The summed E-state index contributed by atoms with van der Waals surface area (Å²) in [6.07, 6.45) is -3.82.